The maximum absolute atomic E-state index is 10.6. The zero-order valence-electron chi connectivity index (χ0n) is 9.62. The first-order valence-electron chi connectivity index (χ1n) is 5.61. The van der Waals surface area contributed by atoms with Crippen molar-refractivity contribution >= 4 is 5.91 Å². The maximum atomic E-state index is 10.6. The highest BCUT2D eigenvalue weighted by molar-refractivity contribution is 5.78. The molecule has 2 unspecified atom stereocenters. The Morgan fingerprint density at radius 1 is 1.67 bits per heavy atom. The van der Waals surface area contributed by atoms with Gasteiger partial charge in [-0.2, -0.15) is 0 Å². The fourth-order valence-electron chi connectivity index (χ4n) is 2.25. The quantitative estimate of drug-likeness (QED) is 0.633. The maximum Gasteiger partial charge on any atom is 0.247 e. The van der Waals surface area contributed by atoms with Crippen LogP contribution >= 0.6 is 0 Å². The minimum absolute atomic E-state index is 0.274. The standard InChI is InChI=1S/C11H22N2O2/c1-11(2)5-3-4-8(6-11)13-7-9(14)10(12)15/h8-9,13-14H,3-7H2,1-2H3,(H2,12,15). The van der Waals surface area contributed by atoms with E-state index < -0.39 is 12.0 Å². The highest BCUT2D eigenvalue weighted by Crippen LogP contribution is 2.34. The molecule has 1 saturated carbocycles. The molecule has 1 aliphatic rings. The average Bonchev–Trinajstić information content (AvgIpc) is 2.12. The number of rotatable bonds is 4. The van der Waals surface area contributed by atoms with Crippen molar-refractivity contribution in [3.05, 3.63) is 0 Å². The van der Waals surface area contributed by atoms with Crippen molar-refractivity contribution in [2.75, 3.05) is 6.54 Å². The van der Waals surface area contributed by atoms with E-state index in [2.05, 4.69) is 19.2 Å². The fourth-order valence-corrected chi connectivity index (χ4v) is 2.25. The lowest BCUT2D eigenvalue weighted by Crippen LogP contribution is -2.44. The van der Waals surface area contributed by atoms with Crippen molar-refractivity contribution in [3.8, 4) is 0 Å². The smallest absolute Gasteiger partial charge is 0.247 e. The number of carbonyl (C=O) groups excluding carboxylic acids is 1. The van der Waals surface area contributed by atoms with Crippen molar-refractivity contribution in [1.29, 1.82) is 0 Å². The van der Waals surface area contributed by atoms with Gasteiger partial charge in [0, 0.05) is 12.6 Å². The van der Waals surface area contributed by atoms with E-state index >= 15 is 0 Å². The second-order valence-corrected chi connectivity index (χ2v) is 5.28. The van der Waals surface area contributed by atoms with Crippen molar-refractivity contribution < 1.29 is 9.90 Å². The first-order chi connectivity index (χ1) is 6.91. The number of carbonyl (C=O) groups is 1. The van der Waals surface area contributed by atoms with E-state index in [9.17, 15) is 9.90 Å². The van der Waals surface area contributed by atoms with Crippen LogP contribution in [0.15, 0.2) is 0 Å². The van der Waals surface area contributed by atoms with Gasteiger partial charge in [0.15, 0.2) is 0 Å². The number of primary amides is 1. The van der Waals surface area contributed by atoms with Crippen molar-refractivity contribution in [3.63, 3.8) is 0 Å². The summed E-state index contributed by atoms with van der Waals surface area (Å²) in [6.45, 7) is 4.78. The first kappa shape index (κ1) is 12.5. The molecule has 2 atom stereocenters. The van der Waals surface area contributed by atoms with Crippen molar-refractivity contribution in [2.24, 2.45) is 11.1 Å². The molecule has 0 bridgehead atoms. The summed E-state index contributed by atoms with van der Waals surface area (Å²) in [6, 6.07) is 0.405. The molecular formula is C11H22N2O2. The van der Waals surface area contributed by atoms with Crippen LogP contribution in [0.2, 0.25) is 0 Å². The Hall–Kier alpha value is -0.610. The number of nitrogens with one attached hydrogen (secondary N) is 1. The van der Waals surface area contributed by atoms with E-state index in [1.54, 1.807) is 0 Å². The molecule has 88 valence electrons. The SMILES string of the molecule is CC1(C)CCCC(NCC(O)C(N)=O)C1. The molecule has 0 aromatic rings. The van der Waals surface area contributed by atoms with Gasteiger partial charge < -0.3 is 16.2 Å². The van der Waals surface area contributed by atoms with Gasteiger partial charge in [-0.1, -0.05) is 20.3 Å². The van der Waals surface area contributed by atoms with Gasteiger partial charge in [0.25, 0.3) is 0 Å². The monoisotopic (exact) mass is 214 g/mol. The van der Waals surface area contributed by atoms with E-state index in [1.165, 1.54) is 12.8 Å². The summed E-state index contributed by atoms with van der Waals surface area (Å²) in [5, 5.41) is 12.5. The zero-order chi connectivity index (χ0) is 11.5. The van der Waals surface area contributed by atoms with Crippen LogP contribution in [0, 0.1) is 5.41 Å². The van der Waals surface area contributed by atoms with Crippen LogP contribution in [-0.4, -0.2) is 29.7 Å². The topological polar surface area (TPSA) is 75.3 Å². The van der Waals surface area contributed by atoms with Crippen molar-refractivity contribution in [1.82, 2.24) is 5.32 Å². The van der Waals surface area contributed by atoms with E-state index in [4.69, 9.17) is 5.73 Å². The molecule has 4 heteroatoms. The third kappa shape index (κ3) is 4.18. The minimum Gasteiger partial charge on any atom is -0.382 e. The number of amides is 1. The lowest BCUT2D eigenvalue weighted by Gasteiger charge is -2.35. The Bertz CT molecular complexity index is 229. The largest absolute Gasteiger partial charge is 0.382 e. The number of nitrogens with two attached hydrogens (primary N) is 1. The van der Waals surface area contributed by atoms with Gasteiger partial charge >= 0.3 is 0 Å². The Kier molecular flexibility index (Phi) is 4.11. The van der Waals surface area contributed by atoms with Gasteiger partial charge in [0.2, 0.25) is 5.91 Å². The summed E-state index contributed by atoms with van der Waals surface area (Å²) >= 11 is 0. The van der Waals surface area contributed by atoms with E-state index in [1.807, 2.05) is 0 Å². The van der Waals surface area contributed by atoms with Crippen LogP contribution in [0.1, 0.15) is 39.5 Å². The lowest BCUT2D eigenvalue weighted by atomic mass is 9.75. The molecular weight excluding hydrogens is 192 g/mol. The molecule has 0 aromatic heterocycles. The Labute approximate surface area is 91.2 Å². The highest BCUT2D eigenvalue weighted by atomic mass is 16.3. The molecule has 1 fully saturated rings. The predicted octanol–water partition coefficient (Wildman–Crippen LogP) is 0.391. The predicted molar refractivity (Wildman–Crippen MR) is 59.2 cm³/mol. The second-order valence-electron chi connectivity index (χ2n) is 5.28. The lowest BCUT2D eigenvalue weighted by molar-refractivity contribution is -0.125. The number of aliphatic hydroxyl groups is 1. The van der Waals surface area contributed by atoms with Crippen molar-refractivity contribution in [2.45, 2.75) is 51.7 Å². The average molecular weight is 214 g/mol. The first-order valence-corrected chi connectivity index (χ1v) is 5.61. The van der Waals surface area contributed by atoms with Crippen LogP contribution in [0.3, 0.4) is 0 Å². The minimum atomic E-state index is -1.06. The molecule has 0 spiro atoms. The van der Waals surface area contributed by atoms with Gasteiger partial charge in [-0.05, 0) is 24.7 Å². The van der Waals surface area contributed by atoms with Gasteiger partial charge in [-0.3, -0.25) is 4.79 Å². The summed E-state index contributed by atoms with van der Waals surface area (Å²) < 4.78 is 0. The van der Waals surface area contributed by atoms with Crippen LogP contribution in [0.25, 0.3) is 0 Å². The van der Waals surface area contributed by atoms with Crippen LogP contribution in [0.5, 0.6) is 0 Å². The van der Waals surface area contributed by atoms with E-state index in [0.29, 0.717) is 11.5 Å². The van der Waals surface area contributed by atoms with Crippen LogP contribution in [0.4, 0.5) is 0 Å². The van der Waals surface area contributed by atoms with E-state index in [0.717, 1.165) is 12.8 Å². The third-order valence-electron chi connectivity index (χ3n) is 3.13. The molecule has 0 heterocycles. The number of hydrogen-bond donors (Lipinski definition) is 3. The molecule has 4 nitrogen and oxygen atoms in total. The van der Waals surface area contributed by atoms with Crippen LogP contribution in [-0.2, 0) is 4.79 Å². The van der Waals surface area contributed by atoms with Gasteiger partial charge in [0.1, 0.15) is 6.10 Å². The third-order valence-corrected chi connectivity index (χ3v) is 3.13. The molecule has 0 aromatic carbocycles. The fraction of sp³-hybridized carbons (Fsp3) is 0.909. The molecule has 15 heavy (non-hydrogen) atoms. The number of hydrogen-bond acceptors (Lipinski definition) is 3. The molecule has 0 radical (unpaired) electrons. The van der Waals surface area contributed by atoms with Crippen LogP contribution < -0.4 is 11.1 Å². The van der Waals surface area contributed by atoms with E-state index in [-0.39, 0.29) is 6.54 Å². The molecule has 1 aliphatic carbocycles. The Balaban J connectivity index is 2.30. The Morgan fingerprint density at radius 3 is 2.87 bits per heavy atom. The highest BCUT2D eigenvalue weighted by Gasteiger charge is 2.28. The summed E-state index contributed by atoms with van der Waals surface area (Å²) in [7, 11) is 0. The summed E-state index contributed by atoms with van der Waals surface area (Å²) in [6.07, 6.45) is 3.61. The second kappa shape index (κ2) is 4.94. The summed E-state index contributed by atoms with van der Waals surface area (Å²) in [5.74, 6) is -0.655. The molecule has 1 rings (SSSR count). The molecule has 0 aliphatic heterocycles. The number of aliphatic hydroxyl groups excluding tert-OH is 1. The molecule has 1 amide bonds. The molecule has 0 saturated heterocycles. The summed E-state index contributed by atoms with van der Waals surface area (Å²) in [5.41, 5.74) is 5.34. The molecule has 4 N–H and O–H groups in total. The van der Waals surface area contributed by atoms with Gasteiger partial charge in [-0.15, -0.1) is 0 Å². The Morgan fingerprint density at radius 2 is 2.33 bits per heavy atom. The zero-order valence-corrected chi connectivity index (χ0v) is 9.62. The normalized spacial score (nSPS) is 27.3. The van der Waals surface area contributed by atoms with Gasteiger partial charge in [-0.25, -0.2) is 0 Å². The van der Waals surface area contributed by atoms with Gasteiger partial charge in [0.05, 0.1) is 0 Å². The summed E-state index contributed by atoms with van der Waals surface area (Å²) in [4.78, 5) is 10.6.